The van der Waals surface area contributed by atoms with E-state index in [0.29, 0.717) is 0 Å². The quantitative estimate of drug-likeness (QED) is 0.740. The van der Waals surface area contributed by atoms with Crippen molar-refractivity contribution in [3.05, 3.63) is 28.0 Å². The number of aryl methyl sites for hydroxylation is 1. The fourth-order valence-corrected chi connectivity index (χ4v) is 1.40. The Kier molecular flexibility index (Phi) is 3.57. The zero-order chi connectivity index (χ0) is 11.6. The van der Waals surface area contributed by atoms with Crippen molar-refractivity contribution in [1.29, 1.82) is 0 Å². The molecule has 0 fully saturated rings. The predicted molar refractivity (Wildman–Crippen MR) is 50.3 cm³/mol. The van der Waals surface area contributed by atoms with Gasteiger partial charge in [0.25, 0.3) is 6.43 Å². The van der Waals surface area contributed by atoms with Gasteiger partial charge in [-0.15, -0.1) is 0 Å². The van der Waals surface area contributed by atoms with E-state index in [1.54, 1.807) is 0 Å². The molecule has 1 aromatic rings. The SMILES string of the molecule is COC(=O)c1c(Cl)cnc(C)c1C(F)F. The molecule has 1 rings (SSSR count). The highest BCUT2D eigenvalue weighted by Gasteiger charge is 2.24. The molecule has 0 saturated heterocycles. The molecule has 0 spiro atoms. The minimum atomic E-state index is -2.81. The van der Waals surface area contributed by atoms with Crippen molar-refractivity contribution in [3.63, 3.8) is 0 Å². The number of carbonyl (C=O) groups is 1. The number of alkyl halides is 2. The Morgan fingerprint density at radius 2 is 2.20 bits per heavy atom. The van der Waals surface area contributed by atoms with Crippen LogP contribution in [0.15, 0.2) is 6.20 Å². The lowest BCUT2D eigenvalue weighted by Crippen LogP contribution is -2.10. The first-order valence-corrected chi connectivity index (χ1v) is 4.38. The molecule has 6 heteroatoms. The minimum absolute atomic E-state index is 0.0646. The standard InChI is InChI=1S/C9H8ClF2NO2/c1-4-6(8(11)12)7(9(14)15-2)5(10)3-13-4/h3,8H,1-2H3. The first kappa shape index (κ1) is 11.8. The van der Waals surface area contributed by atoms with Gasteiger partial charge >= 0.3 is 5.97 Å². The fraction of sp³-hybridized carbons (Fsp3) is 0.333. The Hall–Kier alpha value is -1.23. The van der Waals surface area contributed by atoms with Gasteiger partial charge in [-0.25, -0.2) is 13.6 Å². The van der Waals surface area contributed by atoms with Crippen LogP contribution in [-0.2, 0) is 4.74 Å². The number of carbonyl (C=O) groups excluding carboxylic acids is 1. The first-order valence-electron chi connectivity index (χ1n) is 4.00. The highest BCUT2D eigenvalue weighted by atomic mass is 35.5. The topological polar surface area (TPSA) is 39.2 Å². The summed E-state index contributed by atoms with van der Waals surface area (Å²) in [6.45, 7) is 1.38. The number of ether oxygens (including phenoxy) is 1. The summed E-state index contributed by atoms with van der Waals surface area (Å²) < 4.78 is 29.7. The number of rotatable bonds is 2. The van der Waals surface area contributed by atoms with Gasteiger partial charge in [0.05, 0.1) is 23.3 Å². The molecule has 0 unspecified atom stereocenters. The zero-order valence-corrected chi connectivity index (χ0v) is 8.81. The Labute approximate surface area is 90.0 Å². The lowest BCUT2D eigenvalue weighted by Gasteiger charge is -2.10. The average molecular weight is 236 g/mol. The van der Waals surface area contributed by atoms with Gasteiger partial charge in [-0.05, 0) is 6.92 Å². The minimum Gasteiger partial charge on any atom is -0.465 e. The van der Waals surface area contributed by atoms with E-state index in [9.17, 15) is 13.6 Å². The highest BCUT2D eigenvalue weighted by molar-refractivity contribution is 6.33. The van der Waals surface area contributed by atoms with Crippen molar-refractivity contribution in [3.8, 4) is 0 Å². The van der Waals surface area contributed by atoms with Crippen molar-refractivity contribution in [2.24, 2.45) is 0 Å². The van der Waals surface area contributed by atoms with Gasteiger partial charge in [0, 0.05) is 11.9 Å². The van der Waals surface area contributed by atoms with Crippen LogP contribution < -0.4 is 0 Å². The summed E-state index contributed by atoms with van der Waals surface area (Å²) in [6.07, 6.45) is -1.67. The number of nitrogens with zero attached hydrogens (tertiary/aromatic N) is 1. The molecule has 15 heavy (non-hydrogen) atoms. The third-order valence-electron chi connectivity index (χ3n) is 1.88. The smallest absolute Gasteiger partial charge is 0.339 e. The van der Waals surface area contributed by atoms with E-state index in [0.717, 1.165) is 13.3 Å². The van der Waals surface area contributed by atoms with E-state index in [-0.39, 0.29) is 16.3 Å². The number of aromatic nitrogens is 1. The lowest BCUT2D eigenvalue weighted by molar-refractivity contribution is 0.0589. The van der Waals surface area contributed by atoms with Crippen molar-refractivity contribution in [1.82, 2.24) is 4.98 Å². The van der Waals surface area contributed by atoms with Crippen LogP contribution in [0.2, 0.25) is 5.02 Å². The maximum atomic E-state index is 12.7. The second-order valence-electron chi connectivity index (χ2n) is 2.77. The van der Waals surface area contributed by atoms with Crippen LogP contribution in [0.5, 0.6) is 0 Å². The van der Waals surface area contributed by atoms with E-state index >= 15 is 0 Å². The molecular formula is C9H8ClF2NO2. The van der Waals surface area contributed by atoms with Gasteiger partial charge in [0.1, 0.15) is 0 Å². The summed E-state index contributed by atoms with van der Waals surface area (Å²) in [6, 6.07) is 0. The molecule has 1 aromatic heterocycles. The number of hydrogen-bond acceptors (Lipinski definition) is 3. The van der Waals surface area contributed by atoms with Crippen LogP contribution in [-0.4, -0.2) is 18.1 Å². The van der Waals surface area contributed by atoms with Gasteiger partial charge in [0.15, 0.2) is 0 Å². The molecule has 0 bridgehead atoms. The molecule has 0 amide bonds. The second-order valence-corrected chi connectivity index (χ2v) is 3.18. The summed E-state index contributed by atoms with van der Waals surface area (Å²) in [7, 11) is 1.10. The van der Waals surface area contributed by atoms with Gasteiger partial charge in [-0.3, -0.25) is 4.98 Å². The maximum absolute atomic E-state index is 12.7. The average Bonchev–Trinajstić information content (AvgIpc) is 2.19. The van der Waals surface area contributed by atoms with Gasteiger partial charge < -0.3 is 4.74 Å². The third kappa shape index (κ3) is 2.23. The lowest BCUT2D eigenvalue weighted by atomic mass is 10.1. The molecule has 0 aliphatic carbocycles. The summed E-state index contributed by atoms with van der Waals surface area (Å²) in [5.74, 6) is -0.888. The summed E-state index contributed by atoms with van der Waals surface area (Å²) in [4.78, 5) is 14.9. The molecule has 1 heterocycles. The molecular weight excluding hydrogens is 228 g/mol. The Bertz CT molecular complexity index is 396. The van der Waals surface area contributed by atoms with Crippen LogP contribution in [0.1, 0.15) is 28.0 Å². The molecule has 82 valence electrons. The van der Waals surface area contributed by atoms with E-state index < -0.39 is 18.0 Å². The highest BCUT2D eigenvalue weighted by Crippen LogP contribution is 2.30. The van der Waals surface area contributed by atoms with Crippen LogP contribution in [0.4, 0.5) is 8.78 Å². The molecule has 0 aliphatic rings. The predicted octanol–water partition coefficient (Wildman–Crippen LogP) is 2.77. The van der Waals surface area contributed by atoms with Crippen molar-refractivity contribution in [2.75, 3.05) is 7.11 Å². The van der Waals surface area contributed by atoms with Crippen molar-refractivity contribution >= 4 is 17.6 Å². The second kappa shape index (κ2) is 4.53. The number of pyridine rings is 1. The maximum Gasteiger partial charge on any atom is 0.339 e. The van der Waals surface area contributed by atoms with Crippen molar-refractivity contribution < 1.29 is 18.3 Å². The van der Waals surface area contributed by atoms with Crippen LogP contribution >= 0.6 is 11.6 Å². The van der Waals surface area contributed by atoms with Crippen LogP contribution in [0.25, 0.3) is 0 Å². The molecule has 3 nitrogen and oxygen atoms in total. The summed E-state index contributed by atoms with van der Waals surface area (Å²) in [5, 5.41) is -0.136. The molecule has 0 atom stereocenters. The van der Waals surface area contributed by atoms with Gasteiger partial charge in [-0.2, -0.15) is 0 Å². The molecule has 0 N–H and O–H groups in total. The largest absolute Gasteiger partial charge is 0.465 e. The molecule has 0 aliphatic heterocycles. The molecule has 0 saturated carbocycles. The normalized spacial score (nSPS) is 10.5. The monoisotopic (exact) mass is 235 g/mol. The molecule has 0 radical (unpaired) electrons. The van der Waals surface area contributed by atoms with Crippen LogP contribution in [0.3, 0.4) is 0 Å². The fourth-order valence-electron chi connectivity index (χ4n) is 1.17. The van der Waals surface area contributed by atoms with Crippen LogP contribution in [0, 0.1) is 6.92 Å². The number of hydrogen-bond donors (Lipinski definition) is 0. The third-order valence-corrected chi connectivity index (χ3v) is 2.16. The Balaban J connectivity index is 3.45. The number of halogens is 3. The van der Waals surface area contributed by atoms with E-state index in [1.807, 2.05) is 0 Å². The zero-order valence-electron chi connectivity index (χ0n) is 8.05. The number of esters is 1. The Morgan fingerprint density at radius 3 is 2.67 bits per heavy atom. The Morgan fingerprint density at radius 1 is 1.60 bits per heavy atom. The van der Waals surface area contributed by atoms with E-state index in [4.69, 9.17) is 11.6 Å². The van der Waals surface area contributed by atoms with Gasteiger partial charge in [0.2, 0.25) is 0 Å². The van der Waals surface area contributed by atoms with E-state index in [2.05, 4.69) is 9.72 Å². The molecule has 0 aromatic carbocycles. The summed E-state index contributed by atoms with van der Waals surface area (Å²) in [5.41, 5.74) is -0.731. The number of methoxy groups -OCH3 is 1. The van der Waals surface area contributed by atoms with E-state index in [1.165, 1.54) is 6.92 Å². The summed E-state index contributed by atoms with van der Waals surface area (Å²) >= 11 is 5.62. The van der Waals surface area contributed by atoms with Gasteiger partial charge in [-0.1, -0.05) is 11.6 Å². The van der Waals surface area contributed by atoms with Crippen molar-refractivity contribution in [2.45, 2.75) is 13.3 Å². The first-order chi connectivity index (χ1) is 6.99.